The molecule has 1 amide bonds. The summed E-state index contributed by atoms with van der Waals surface area (Å²) in [5.41, 5.74) is 0.667. The van der Waals surface area contributed by atoms with Crippen molar-refractivity contribution in [1.82, 2.24) is 5.32 Å². The standard InChI is InChI=1S/C17H22F3NO4/c1-11(2)9-24-15(22)14(12(3)17(18,19)20)21-16(23)25-10-13-7-5-4-6-8-13/h4-8,11-12,14H,9-10H2,1-3H3,(H,21,23). The third kappa shape index (κ3) is 7.45. The van der Waals surface area contributed by atoms with Gasteiger partial charge < -0.3 is 14.8 Å². The molecule has 0 aliphatic heterocycles. The minimum absolute atomic E-state index is 0.0410. The van der Waals surface area contributed by atoms with Crippen molar-refractivity contribution in [2.24, 2.45) is 11.8 Å². The molecular formula is C17H22F3NO4. The monoisotopic (exact) mass is 361 g/mol. The highest BCUT2D eigenvalue weighted by molar-refractivity contribution is 5.81. The number of ether oxygens (including phenoxy) is 2. The summed E-state index contributed by atoms with van der Waals surface area (Å²) in [5.74, 6) is -3.30. The SMILES string of the molecule is CC(C)COC(=O)C(NC(=O)OCc1ccccc1)C(C)C(F)(F)F. The second-order valence-electron chi connectivity index (χ2n) is 6.04. The Balaban J connectivity index is 2.71. The van der Waals surface area contributed by atoms with Gasteiger partial charge in [-0.15, -0.1) is 0 Å². The molecule has 2 unspecified atom stereocenters. The van der Waals surface area contributed by atoms with Gasteiger partial charge in [-0.2, -0.15) is 13.2 Å². The summed E-state index contributed by atoms with van der Waals surface area (Å²) < 4.78 is 48.6. The number of alkyl halides is 3. The molecule has 1 N–H and O–H groups in total. The maximum atomic E-state index is 13.0. The molecule has 0 aromatic heterocycles. The fourth-order valence-corrected chi connectivity index (χ4v) is 1.81. The summed E-state index contributed by atoms with van der Waals surface area (Å²) in [6.45, 7) is 4.13. The third-order valence-electron chi connectivity index (χ3n) is 3.32. The van der Waals surface area contributed by atoms with E-state index in [1.807, 2.05) is 5.32 Å². The quantitative estimate of drug-likeness (QED) is 0.753. The van der Waals surface area contributed by atoms with E-state index in [1.165, 1.54) is 0 Å². The maximum absolute atomic E-state index is 13.0. The van der Waals surface area contributed by atoms with Crippen LogP contribution in [0.5, 0.6) is 0 Å². The number of carbonyl (C=O) groups is 2. The van der Waals surface area contributed by atoms with Crippen molar-refractivity contribution < 1.29 is 32.2 Å². The molecule has 0 heterocycles. The van der Waals surface area contributed by atoms with Gasteiger partial charge in [0.15, 0.2) is 0 Å². The number of hydrogen-bond acceptors (Lipinski definition) is 4. The first-order valence-corrected chi connectivity index (χ1v) is 7.81. The summed E-state index contributed by atoms with van der Waals surface area (Å²) in [4.78, 5) is 23.7. The van der Waals surface area contributed by atoms with Crippen LogP contribution in [0.15, 0.2) is 30.3 Å². The van der Waals surface area contributed by atoms with Gasteiger partial charge in [-0.3, -0.25) is 0 Å². The number of rotatable bonds is 7. The van der Waals surface area contributed by atoms with E-state index in [0.717, 1.165) is 6.92 Å². The van der Waals surface area contributed by atoms with E-state index in [1.54, 1.807) is 44.2 Å². The highest BCUT2D eigenvalue weighted by Crippen LogP contribution is 2.29. The normalized spacial score (nSPS) is 13.9. The van der Waals surface area contributed by atoms with Crippen molar-refractivity contribution in [3.8, 4) is 0 Å². The molecule has 8 heteroatoms. The van der Waals surface area contributed by atoms with Crippen molar-refractivity contribution in [3.63, 3.8) is 0 Å². The molecule has 1 aromatic rings. The Morgan fingerprint density at radius 3 is 2.20 bits per heavy atom. The highest BCUT2D eigenvalue weighted by atomic mass is 19.4. The fourth-order valence-electron chi connectivity index (χ4n) is 1.81. The van der Waals surface area contributed by atoms with Gasteiger partial charge in [0.1, 0.15) is 12.6 Å². The number of amides is 1. The van der Waals surface area contributed by atoms with E-state index >= 15 is 0 Å². The lowest BCUT2D eigenvalue weighted by Gasteiger charge is -2.25. The van der Waals surface area contributed by atoms with Crippen molar-refractivity contribution in [2.75, 3.05) is 6.61 Å². The zero-order valence-corrected chi connectivity index (χ0v) is 14.3. The summed E-state index contributed by atoms with van der Waals surface area (Å²) in [6, 6.07) is 6.75. The predicted octanol–water partition coefficient (Wildman–Crippen LogP) is 3.68. The first-order valence-electron chi connectivity index (χ1n) is 7.81. The number of esters is 1. The molecule has 2 atom stereocenters. The van der Waals surface area contributed by atoms with E-state index in [4.69, 9.17) is 9.47 Å². The van der Waals surface area contributed by atoms with Crippen LogP contribution in [-0.4, -0.2) is 30.9 Å². The topological polar surface area (TPSA) is 64.6 Å². The number of nitrogens with one attached hydrogen (secondary N) is 1. The molecule has 0 aliphatic carbocycles. The van der Waals surface area contributed by atoms with Crippen LogP contribution in [-0.2, 0) is 20.9 Å². The van der Waals surface area contributed by atoms with Crippen molar-refractivity contribution in [1.29, 1.82) is 0 Å². The van der Waals surface area contributed by atoms with Crippen LogP contribution in [0.3, 0.4) is 0 Å². The molecule has 25 heavy (non-hydrogen) atoms. The Morgan fingerprint density at radius 1 is 1.08 bits per heavy atom. The number of halogens is 3. The zero-order valence-electron chi connectivity index (χ0n) is 14.3. The molecule has 0 bridgehead atoms. The number of hydrogen-bond donors (Lipinski definition) is 1. The highest BCUT2D eigenvalue weighted by Gasteiger charge is 2.46. The largest absolute Gasteiger partial charge is 0.464 e. The molecule has 0 fully saturated rings. The molecule has 140 valence electrons. The molecular weight excluding hydrogens is 339 g/mol. The van der Waals surface area contributed by atoms with E-state index in [9.17, 15) is 22.8 Å². The Hall–Kier alpha value is -2.25. The average Bonchev–Trinajstić information content (AvgIpc) is 2.55. The Morgan fingerprint density at radius 2 is 1.68 bits per heavy atom. The van der Waals surface area contributed by atoms with E-state index in [2.05, 4.69) is 0 Å². The van der Waals surface area contributed by atoms with Gasteiger partial charge in [-0.1, -0.05) is 51.1 Å². The summed E-state index contributed by atoms with van der Waals surface area (Å²) >= 11 is 0. The number of benzene rings is 1. The van der Waals surface area contributed by atoms with Crippen LogP contribution in [0.4, 0.5) is 18.0 Å². The molecule has 5 nitrogen and oxygen atoms in total. The van der Waals surface area contributed by atoms with E-state index in [-0.39, 0.29) is 19.1 Å². The van der Waals surface area contributed by atoms with Crippen LogP contribution in [0.1, 0.15) is 26.3 Å². The molecule has 0 radical (unpaired) electrons. The van der Waals surface area contributed by atoms with Crippen LogP contribution >= 0.6 is 0 Å². The summed E-state index contributed by atoms with van der Waals surface area (Å²) in [6.07, 6.45) is -5.79. The van der Waals surface area contributed by atoms with Gasteiger partial charge in [0.05, 0.1) is 12.5 Å². The Kier molecular flexibility index (Phi) is 7.73. The van der Waals surface area contributed by atoms with Gasteiger partial charge >= 0.3 is 18.2 Å². The molecule has 1 aromatic carbocycles. The van der Waals surface area contributed by atoms with Gasteiger partial charge in [0.2, 0.25) is 0 Å². The smallest absolute Gasteiger partial charge is 0.408 e. The number of carbonyl (C=O) groups excluding carboxylic acids is 2. The van der Waals surface area contributed by atoms with Gasteiger partial charge in [-0.05, 0) is 11.5 Å². The molecule has 0 aliphatic rings. The molecule has 0 saturated carbocycles. The van der Waals surface area contributed by atoms with Gasteiger partial charge in [-0.25, -0.2) is 9.59 Å². The molecule has 1 rings (SSSR count). The second-order valence-corrected chi connectivity index (χ2v) is 6.04. The minimum atomic E-state index is -4.67. The molecule has 0 spiro atoms. The average molecular weight is 361 g/mol. The third-order valence-corrected chi connectivity index (χ3v) is 3.32. The fraction of sp³-hybridized carbons (Fsp3) is 0.529. The van der Waals surface area contributed by atoms with E-state index in [0.29, 0.717) is 5.56 Å². The van der Waals surface area contributed by atoms with Crippen LogP contribution in [0, 0.1) is 11.8 Å². The van der Waals surface area contributed by atoms with Crippen LogP contribution in [0.2, 0.25) is 0 Å². The summed E-state index contributed by atoms with van der Waals surface area (Å²) in [7, 11) is 0. The first kappa shape index (κ1) is 20.8. The molecule has 0 saturated heterocycles. The van der Waals surface area contributed by atoms with Crippen LogP contribution < -0.4 is 5.32 Å². The lowest BCUT2D eigenvalue weighted by molar-refractivity contribution is -0.187. The minimum Gasteiger partial charge on any atom is -0.464 e. The summed E-state index contributed by atoms with van der Waals surface area (Å²) in [5, 5.41) is 1.96. The number of alkyl carbamates (subject to hydrolysis) is 1. The van der Waals surface area contributed by atoms with Crippen molar-refractivity contribution in [2.45, 2.75) is 39.6 Å². The van der Waals surface area contributed by atoms with Crippen molar-refractivity contribution in [3.05, 3.63) is 35.9 Å². The second kappa shape index (κ2) is 9.29. The zero-order chi connectivity index (χ0) is 19.0. The Labute approximate surface area is 144 Å². The predicted molar refractivity (Wildman–Crippen MR) is 84.6 cm³/mol. The maximum Gasteiger partial charge on any atom is 0.408 e. The Bertz CT molecular complexity index is 561. The van der Waals surface area contributed by atoms with E-state index < -0.39 is 30.2 Å². The van der Waals surface area contributed by atoms with Crippen molar-refractivity contribution >= 4 is 12.1 Å². The lowest BCUT2D eigenvalue weighted by Crippen LogP contribution is -2.50. The van der Waals surface area contributed by atoms with Gasteiger partial charge in [0, 0.05) is 0 Å². The first-order chi connectivity index (χ1) is 11.6. The van der Waals surface area contributed by atoms with Gasteiger partial charge in [0.25, 0.3) is 0 Å². The van der Waals surface area contributed by atoms with Crippen LogP contribution in [0.25, 0.3) is 0 Å². The lowest BCUT2D eigenvalue weighted by atomic mass is 10.0.